The predicted molar refractivity (Wildman–Crippen MR) is 100 cm³/mol. The van der Waals surface area contributed by atoms with Gasteiger partial charge in [-0.25, -0.2) is 0 Å². The molecule has 0 bridgehead atoms. The molecule has 0 fully saturated rings. The van der Waals surface area contributed by atoms with E-state index < -0.39 is 5.60 Å². The summed E-state index contributed by atoms with van der Waals surface area (Å²) in [5, 5.41) is 13.3. The number of hydrogen-bond acceptors (Lipinski definition) is 3. The Morgan fingerprint density at radius 1 is 1.20 bits per heavy atom. The standard InChI is InChI=1S/C20H32N2O3/c1-13-14(2)18-16(15(3)17(13)23)9-10-20(4,25-18)19(24)21-11-8-12-22(5,6)7/h8-12H2,1-7H3,(H-,21,23,24)/p+1. The molecular formula is C20H33N2O3+. The second-order valence-electron chi connectivity index (χ2n) is 8.49. The van der Waals surface area contributed by atoms with Crippen LogP contribution in [0.3, 0.4) is 0 Å². The third kappa shape index (κ3) is 4.09. The second kappa shape index (κ2) is 6.87. The van der Waals surface area contributed by atoms with Crippen molar-refractivity contribution in [2.75, 3.05) is 34.2 Å². The summed E-state index contributed by atoms with van der Waals surface area (Å²) in [7, 11) is 6.44. The van der Waals surface area contributed by atoms with Gasteiger partial charge >= 0.3 is 0 Å². The highest BCUT2D eigenvalue weighted by atomic mass is 16.5. The van der Waals surface area contributed by atoms with Gasteiger partial charge in [-0.15, -0.1) is 0 Å². The fourth-order valence-corrected chi connectivity index (χ4v) is 3.35. The Morgan fingerprint density at radius 2 is 1.84 bits per heavy atom. The van der Waals surface area contributed by atoms with Crippen molar-refractivity contribution in [2.45, 2.75) is 52.6 Å². The minimum absolute atomic E-state index is 0.0534. The van der Waals surface area contributed by atoms with Crippen LogP contribution < -0.4 is 10.1 Å². The van der Waals surface area contributed by atoms with Crippen molar-refractivity contribution in [2.24, 2.45) is 0 Å². The average molecular weight is 349 g/mol. The van der Waals surface area contributed by atoms with Gasteiger partial charge in [-0.2, -0.15) is 0 Å². The first-order valence-corrected chi connectivity index (χ1v) is 9.05. The SMILES string of the molecule is Cc1c(C)c2c(c(C)c1O)CCC(C)(C(=O)NCCC[N+](C)(C)C)O2. The van der Waals surface area contributed by atoms with Gasteiger partial charge in [0, 0.05) is 24.9 Å². The van der Waals surface area contributed by atoms with Crippen LogP contribution in [0.2, 0.25) is 0 Å². The Hall–Kier alpha value is -1.75. The molecule has 0 saturated heterocycles. The van der Waals surface area contributed by atoms with Gasteiger partial charge in [0.15, 0.2) is 5.60 Å². The number of carbonyl (C=O) groups excluding carboxylic acids is 1. The van der Waals surface area contributed by atoms with Gasteiger partial charge in [0.2, 0.25) is 0 Å². The van der Waals surface area contributed by atoms with Crippen LogP contribution in [-0.4, -0.2) is 55.3 Å². The molecule has 0 spiro atoms. The van der Waals surface area contributed by atoms with E-state index in [0.717, 1.165) is 51.9 Å². The molecule has 1 unspecified atom stereocenters. The van der Waals surface area contributed by atoms with E-state index in [1.54, 1.807) is 0 Å². The number of nitrogens with one attached hydrogen (secondary N) is 1. The Labute approximate surface area is 151 Å². The molecule has 1 atom stereocenters. The highest BCUT2D eigenvalue weighted by molar-refractivity contribution is 5.85. The van der Waals surface area contributed by atoms with E-state index in [4.69, 9.17) is 4.74 Å². The highest BCUT2D eigenvalue weighted by Crippen LogP contribution is 2.43. The number of phenols is 1. The maximum atomic E-state index is 12.7. The highest BCUT2D eigenvalue weighted by Gasteiger charge is 2.40. The number of nitrogens with zero attached hydrogens (tertiary/aromatic N) is 1. The number of carbonyl (C=O) groups is 1. The molecule has 1 heterocycles. The number of hydrogen-bond donors (Lipinski definition) is 2. The summed E-state index contributed by atoms with van der Waals surface area (Å²) in [4.78, 5) is 12.7. The molecule has 0 aromatic heterocycles. The van der Waals surface area contributed by atoms with Crippen molar-refractivity contribution in [3.05, 3.63) is 22.3 Å². The topological polar surface area (TPSA) is 58.6 Å². The van der Waals surface area contributed by atoms with Crippen LogP contribution in [0.25, 0.3) is 0 Å². The fraction of sp³-hybridized carbons (Fsp3) is 0.650. The number of phenolic OH excluding ortho intramolecular Hbond substituents is 1. The number of benzene rings is 1. The Bertz CT molecular complexity index is 677. The van der Waals surface area contributed by atoms with Crippen LogP contribution in [0.15, 0.2) is 0 Å². The summed E-state index contributed by atoms with van der Waals surface area (Å²) >= 11 is 0. The van der Waals surface area contributed by atoms with E-state index in [0.29, 0.717) is 18.7 Å². The molecule has 1 amide bonds. The van der Waals surface area contributed by atoms with Gasteiger partial charge in [-0.3, -0.25) is 4.79 Å². The van der Waals surface area contributed by atoms with Crippen molar-refractivity contribution in [3.8, 4) is 11.5 Å². The van der Waals surface area contributed by atoms with Gasteiger partial charge in [0.1, 0.15) is 11.5 Å². The number of amides is 1. The largest absolute Gasteiger partial charge is 0.507 e. The molecule has 1 aromatic rings. The molecule has 5 heteroatoms. The summed E-state index contributed by atoms with van der Waals surface area (Å²) in [5.74, 6) is 1.05. The summed E-state index contributed by atoms with van der Waals surface area (Å²) < 4.78 is 7.09. The molecular weight excluding hydrogens is 316 g/mol. The summed E-state index contributed by atoms with van der Waals surface area (Å²) in [5.41, 5.74) is 2.77. The summed E-state index contributed by atoms with van der Waals surface area (Å²) in [6.07, 6.45) is 2.29. The fourth-order valence-electron chi connectivity index (χ4n) is 3.35. The number of rotatable bonds is 5. The quantitative estimate of drug-likeness (QED) is 0.635. The van der Waals surface area contributed by atoms with Crippen molar-refractivity contribution in [1.29, 1.82) is 0 Å². The van der Waals surface area contributed by atoms with Crippen molar-refractivity contribution in [1.82, 2.24) is 5.32 Å². The third-order valence-corrected chi connectivity index (χ3v) is 5.29. The maximum absolute atomic E-state index is 12.7. The van der Waals surface area contributed by atoms with Crippen molar-refractivity contribution < 1.29 is 19.1 Å². The minimum atomic E-state index is -0.857. The molecule has 0 saturated carbocycles. The van der Waals surface area contributed by atoms with Gasteiger partial charge in [0.05, 0.1) is 27.7 Å². The predicted octanol–water partition coefficient (Wildman–Crippen LogP) is 2.61. The normalized spacial score (nSPS) is 20.0. The molecule has 2 rings (SSSR count). The van der Waals surface area contributed by atoms with Gasteiger partial charge < -0.3 is 19.6 Å². The van der Waals surface area contributed by atoms with Crippen LogP contribution >= 0.6 is 0 Å². The smallest absolute Gasteiger partial charge is 0.263 e. The zero-order chi connectivity index (χ0) is 19.0. The number of fused-ring (bicyclic) bond motifs is 1. The minimum Gasteiger partial charge on any atom is -0.507 e. The van der Waals surface area contributed by atoms with E-state index in [1.165, 1.54) is 0 Å². The molecule has 25 heavy (non-hydrogen) atoms. The van der Waals surface area contributed by atoms with Crippen molar-refractivity contribution in [3.63, 3.8) is 0 Å². The lowest BCUT2D eigenvalue weighted by molar-refractivity contribution is -0.870. The van der Waals surface area contributed by atoms with Gasteiger partial charge in [0.25, 0.3) is 5.91 Å². The van der Waals surface area contributed by atoms with Crippen molar-refractivity contribution >= 4 is 5.91 Å². The van der Waals surface area contributed by atoms with Crippen LogP contribution in [0.1, 0.15) is 42.0 Å². The molecule has 140 valence electrons. The molecule has 2 N–H and O–H groups in total. The Morgan fingerprint density at radius 3 is 2.44 bits per heavy atom. The molecule has 1 aliphatic rings. The van der Waals surface area contributed by atoms with E-state index in [9.17, 15) is 9.90 Å². The number of aromatic hydroxyl groups is 1. The third-order valence-electron chi connectivity index (χ3n) is 5.29. The Balaban J connectivity index is 2.11. The van der Waals surface area contributed by atoms with Gasteiger partial charge in [-0.1, -0.05) is 0 Å². The number of quaternary nitrogens is 1. The van der Waals surface area contributed by atoms with Crippen LogP contribution in [0.5, 0.6) is 11.5 Å². The summed E-state index contributed by atoms with van der Waals surface area (Å²) in [6, 6.07) is 0. The molecule has 0 aliphatic carbocycles. The summed E-state index contributed by atoms with van der Waals surface area (Å²) in [6.45, 7) is 9.28. The second-order valence-corrected chi connectivity index (χ2v) is 8.49. The molecule has 1 aromatic carbocycles. The lowest BCUT2D eigenvalue weighted by atomic mass is 9.86. The monoisotopic (exact) mass is 349 g/mol. The molecule has 0 radical (unpaired) electrons. The molecule has 1 aliphatic heterocycles. The zero-order valence-electron chi connectivity index (χ0n) is 16.7. The average Bonchev–Trinajstić information content (AvgIpc) is 2.53. The first-order chi connectivity index (χ1) is 11.5. The lowest BCUT2D eigenvalue weighted by Crippen LogP contribution is -2.51. The van der Waals surface area contributed by atoms with Crippen LogP contribution in [0.4, 0.5) is 0 Å². The Kier molecular flexibility index (Phi) is 5.38. The van der Waals surface area contributed by atoms with E-state index in [1.807, 2.05) is 27.7 Å². The van der Waals surface area contributed by atoms with E-state index in [-0.39, 0.29) is 5.91 Å². The zero-order valence-corrected chi connectivity index (χ0v) is 16.7. The number of ether oxygens (including phenoxy) is 1. The first-order valence-electron chi connectivity index (χ1n) is 9.05. The maximum Gasteiger partial charge on any atom is 0.263 e. The lowest BCUT2D eigenvalue weighted by Gasteiger charge is -2.36. The first kappa shape index (κ1) is 19.6. The van der Waals surface area contributed by atoms with Crippen LogP contribution in [-0.2, 0) is 11.2 Å². The van der Waals surface area contributed by atoms with E-state index in [2.05, 4.69) is 26.5 Å². The van der Waals surface area contributed by atoms with Gasteiger partial charge in [-0.05, 0) is 50.8 Å². The molecule has 5 nitrogen and oxygen atoms in total. The van der Waals surface area contributed by atoms with E-state index >= 15 is 0 Å². The van der Waals surface area contributed by atoms with Crippen LogP contribution in [0, 0.1) is 20.8 Å².